The topological polar surface area (TPSA) is 50.2 Å². The van der Waals surface area contributed by atoms with E-state index in [1.807, 2.05) is 30.3 Å². The van der Waals surface area contributed by atoms with Crippen LogP contribution in [0.5, 0.6) is 5.75 Å². The van der Waals surface area contributed by atoms with Gasteiger partial charge in [-0.1, -0.05) is 24.3 Å². The molecule has 1 N–H and O–H groups in total. The van der Waals surface area contributed by atoms with Crippen LogP contribution < -0.4 is 0 Å². The van der Waals surface area contributed by atoms with Gasteiger partial charge >= 0.3 is 0 Å². The van der Waals surface area contributed by atoms with E-state index in [2.05, 4.69) is 4.98 Å². The summed E-state index contributed by atoms with van der Waals surface area (Å²) in [7, 11) is 0. The van der Waals surface area contributed by atoms with Crippen molar-refractivity contribution in [2.45, 2.75) is 0 Å². The van der Waals surface area contributed by atoms with E-state index in [4.69, 9.17) is 0 Å². The number of phenols is 1. The van der Waals surface area contributed by atoms with Crippen LogP contribution in [-0.2, 0) is 0 Å². The Hall–Kier alpha value is -2.94. The monoisotopic (exact) mass is 275 g/mol. The average Bonchev–Trinajstić information content (AvgIpc) is 2.53. The van der Waals surface area contributed by atoms with E-state index in [9.17, 15) is 9.90 Å². The number of hydrogen-bond donors (Lipinski definition) is 1. The minimum absolute atomic E-state index is 0.101. The van der Waals surface area contributed by atoms with Crippen LogP contribution in [0.25, 0.3) is 17.0 Å². The average molecular weight is 275 g/mol. The molecule has 0 bridgehead atoms. The summed E-state index contributed by atoms with van der Waals surface area (Å²) in [5.74, 6) is 0.0477. The number of fused-ring (bicyclic) bond motifs is 1. The van der Waals surface area contributed by atoms with Gasteiger partial charge in [0.1, 0.15) is 5.75 Å². The van der Waals surface area contributed by atoms with Crippen molar-refractivity contribution in [2.24, 2.45) is 0 Å². The molecule has 3 nitrogen and oxygen atoms in total. The van der Waals surface area contributed by atoms with Crippen LogP contribution in [-0.4, -0.2) is 15.9 Å². The molecule has 0 radical (unpaired) electrons. The number of aromatic nitrogens is 1. The first kappa shape index (κ1) is 13.1. The normalized spacial score (nSPS) is 11.0. The van der Waals surface area contributed by atoms with Gasteiger partial charge in [0.25, 0.3) is 0 Å². The molecule has 0 fully saturated rings. The summed E-state index contributed by atoms with van der Waals surface area (Å²) < 4.78 is 0. The molecule has 0 unspecified atom stereocenters. The Morgan fingerprint density at radius 1 is 1.00 bits per heavy atom. The Morgan fingerprint density at radius 2 is 1.76 bits per heavy atom. The number of hydrogen-bond acceptors (Lipinski definition) is 3. The lowest BCUT2D eigenvalue weighted by Gasteiger charge is -2.01. The van der Waals surface area contributed by atoms with Crippen LogP contribution >= 0.6 is 0 Å². The van der Waals surface area contributed by atoms with Crippen molar-refractivity contribution in [3.05, 3.63) is 78.0 Å². The maximum Gasteiger partial charge on any atom is 0.185 e. The van der Waals surface area contributed by atoms with Crippen LogP contribution in [0.2, 0.25) is 0 Å². The number of benzene rings is 2. The summed E-state index contributed by atoms with van der Waals surface area (Å²) in [6.07, 6.45) is 5.06. The van der Waals surface area contributed by atoms with Gasteiger partial charge in [0, 0.05) is 17.1 Å². The standard InChI is InChI=1S/C18H13NO2/c20-15-8-5-14(6-9-15)18(21)10-7-13-11-12-19-17-4-2-1-3-16(13)17/h1-12,20H/b10-7+. The SMILES string of the molecule is O=C(/C=C/c1ccnc2ccccc12)c1ccc(O)cc1. The van der Waals surface area contributed by atoms with Crippen LogP contribution in [0.4, 0.5) is 0 Å². The Morgan fingerprint density at radius 3 is 2.57 bits per heavy atom. The van der Waals surface area contributed by atoms with Gasteiger partial charge < -0.3 is 5.11 Å². The van der Waals surface area contributed by atoms with E-state index in [1.165, 1.54) is 18.2 Å². The number of phenolic OH excluding ortho intramolecular Hbond substituents is 1. The van der Waals surface area contributed by atoms with Gasteiger partial charge in [-0.25, -0.2) is 0 Å². The van der Waals surface area contributed by atoms with E-state index in [0.29, 0.717) is 5.56 Å². The van der Waals surface area contributed by atoms with E-state index in [1.54, 1.807) is 24.4 Å². The highest BCUT2D eigenvalue weighted by Gasteiger charge is 2.02. The molecule has 21 heavy (non-hydrogen) atoms. The molecule has 0 spiro atoms. The molecule has 0 saturated carbocycles. The number of allylic oxidation sites excluding steroid dienone is 1. The van der Waals surface area contributed by atoms with Crippen molar-refractivity contribution in [1.29, 1.82) is 0 Å². The van der Waals surface area contributed by atoms with Crippen molar-refractivity contribution in [1.82, 2.24) is 4.98 Å². The third kappa shape index (κ3) is 2.82. The van der Waals surface area contributed by atoms with Crippen LogP contribution in [0, 0.1) is 0 Å². The second-order valence-corrected chi connectivity index (χ2v) is 4.66. The third-order valence-corrected chi connectivity index (χ3v) is 3.25. The van der Waals surface area contributed by atoms with Gasteiger partial charge in [-0.15, -0.1) is 0 Å². The molecule has 3 aromatic rings. The molecule has 0 atom stereocenters. The van der Waals surface area contributed by atoms with Crippen molar-refractivity contribution in [2.75, 3.05) is 0 Å². The second kappa shape index (κ2) is 5.59. The van der Waals surface area contributed by atoms with Gasteiger partial charge in [0.2, 0.25) is 0 Å². The lowest BCUT2D eigenvalue weighted by atomic mass is 10.1. The maximum absolute atomic E-state index is 12.1. The first-order valence-corrected chi connectivity index (χ1v) is 6.59. The molecule has 3 heteroatoms. The summed E-state index contributed by atoms with van der Waals surface area (Å²) in [4.78, 5) is 16.4. The minimum atomic E-state index is -0.101. The van der Waals surface area contributed by atoms with Crippen molar-refractivity contribution < 1.29 is 9.90 Å². The maximum atomic E-state index is 12.1. The van der Waals surface area contributed by atoms with Crippen LogP contribution in [0.1, 0.15) is 15.9 Å². The molecule has 0 aliphatic carbocycles. The summed E-state index contributed by atoms with van der Waals surface area (Å²) in [5.41, 5.74) is 2.40. The number of para-hydroxylation sites is 1. The fraction of sp³-hybridized carbons (Fsp3) is 0. The molecule has 0 aliphatic heterocycles. The molecule has 0 amide bonds. The fourth-order valence-electron chi connectivity index (χ4n) is 2.15. The zero-order chi connectivity index (χ0) is 14.7. The van der Waals surface area contributed by atoms with Gasteiger partial charge in [0.05, 0.1) is 5.52 Å². The Bertz CT molecular complexity index is 815. The fourth-order valence-corrected chi connectivity index (χ4v) is 2.15. The highest BCUT2D eigenvalue weighted by Crippen LogP contribution is 2.18. The molecular weight excluding hydrogens is 262 g/mol. The molecule has 102 valence electrons. The van der Waals surface area contributed by atoms with E-state index in [0.717, 1.165) is 16.5 Å². The lowest BCUT2D eigenvalue weighted by molar-refractivity contribution is 0.104. The largest absolute Gasteiger partial charge is 0.508 e. The molecule has 3 rings (SSSR count). The third-order valence-electron chi connectivity index (χ3n) is 3.25. The van der Waals surface area contributed by atoms with Crippen molar-refractivity contribution in [3.63, 3.8) is 0 Å². The van der Waals surface area contributed by atoms with Gasteiger partial charge in [0.15, 0.2) is 5.78 Å². The predicted molar refractivity (Wildman–Crippen MR) is 83.2 cm³/mol. The lowest BCUT2D eigenvalue weighted by Crippen LogP contribution is -1.93. The van der Waals surface area contributed by atoms with Gasteiger partial charge in [-0.05, 0) is 48.0 Å². The molecule has 1 heterocycles. The first-order valence-electron chi connectivity index (χ1n) is 6.59. The van der Waals surface area contributed by atoms with Gasteiger partial charge in [-0.3, -0.25) is 9.78 Å². The zero-order valence-corrected chi connectivity index (χ0v) is 11.2. The number of aromatic hydroxyl groups is 1. The first-order chi connectivity index (χ1) is 10.2. The summed E-state index contributed by atoms with van der Waals surface area (Å²) >= 11 is 0. The summed E-state index contributed by atoms with van der Waals surface area (Å²) in [5, 5.41) is 10.2. The second-order valence-electron chi connectivity index (χ2n) is 4.66. The minimum Gasteiger partial charge on any atom is -0.508 e. The van der Waals surface area contributed by atoms with E-state index < -0.39 is 0 Å². The Kier molecular flexibility index (Phi) is 3.48. The van der Waals surface area contributed by atoms with Crippen LogP contribution in [0.15, 0.2) is 66.9 Å². The number of nitrogens with zero attached hydrogens (tertiary/aromatic N) is 1. The van der Waals surface area contributed by atoms with Gasteiger partial charge in [-0.2, -0.15) is 0 Å². The van der Waals surface area contributed by atoms with Crippen LogP contribution in [0.3, 0.4) is 0 Å². The zero-order valence-electron chi connectivity index (χ0n) is 11.2. The smallest absolute Gasteiger partial charge is 0.185 e. The number of pyridine rings is 1. The number of carbonyl (C=O) groups excluding carboxylic acids is 1. The quantitative estimate of drug-likeness (QED) is 0.583. The molecule has 0 saturated heterocycles. The molecule has 0 aliphatic rings. The molecular formula is C18H13NO2. The number of carbonyl (C=O) groups is 1. The highest BCUT2D eigenvalue weighted by molar-refractivity contribution is 6.07. The number of ketones is 1. The predicted octanol–water partition coefficient (Wildman–Crippen LogP) is 3.84. The number of rotatable bonds is 3. The molecule has 1 aromatic heterocycles. The highest BCUT2D eigenvalue weighted by atomic mass is 16.3. The van der Waals surface area contributed by atoms with Crippen molar-refractivity contribution in [3.8, 4) is 5.75 Å². The van der Waals surface area contributed by atoms with E-state index >= 15 is 0 Å². The summed E-state index contributed by atoms with van der Waals surface area (Å²) in [6, 6.07) is 15.9. The Labute approximate surface area is 122 Å². The Balaban J connectivity index is 1.91. The molecule has 2 aromatic carbocycles. The summed E-state index contributed by atoms with van der Waals surface area (Å²) in [6.45, 7) is 0. The van der Waals surface area contributed by atoms with E-state index in [-0.39, 0.29) is 11.5 Å². The van der Waals surface area contributed by atoms with Crippen molar-refractivity contribution >= 4 is 22.8 Å².